The minimum Gasteiger partial charge on any atom is -0.444 e. The number of rotatable bonds is 1. The zero-order valence-corrected chi connectivity index (χ0v) is 13.8. The van der Waals surface area contributed by atoms with E-state index < -0.39 is 5.60 Å². The Labute approximate surface area is 122 Å². The number of hydrogen-bond acceptors (Lipinski definition) is 3. The Morgan fingerprint density at radius 1 is 1.05 bits per heavy atom. The lowest BCUT2D eigenvalue weighted by Gasteiger charge is -2.44. The van der Waals surface area contributed by atoms with Gasteiger partial charge in [-0.15, -0.1) is 0 Å². The normalized spacial score (nSPS) is 24.0. The number of carbonyl (C=O) groups excluding carboxylic acids is 2. The maximum atomic E-state index is 12.2. The highest BCUT2D eigenvalue weighted by atomic mass is 16.6. The summed E-state index contributed by atoms with van der Waals surface area (Å²) in [7, 11) is 0. The maximum Gasteiger partial charge on any atom is 0.410 e. The van der Waals surface area contributed by atoms with Crippen molar-refractivity contribution in [2.75, 3.05) is 13.1 Å². The molecule has 5 nitrogen and oxygen atoms in total. The fraction of sp³-hybridized carbons (Fsp3) is 0.867. The number of hydrogen-bond donors (Lipinski definition) is 0. The molecule has 0 aromatic carbocycles. The molecule has 0 aliphatic carbocycles. The first-order chi connectivity index (χ1) is 9.03. The zero-order valence-electron chi connectivity index (χ0n) is 13.8. The average molecular weight is 284 g/mol. The molecule has 0 radical (unpaired) electrons. The van der Waals surface area contributed by atoms with Crippen LogP contribution in [0.15, 0.2) is 0 Å². The van der Waals surface area contributed by atoms with Crippen molar-refractivity contribution in [2.45, 2.75) is 66.2 Å². The van der Waals surface area contributed by atoms with Crippen molar-refractivity contribution in [1.29, 1.82) is 0 Å². The van der Waals surface area contributed by atoms with Crippen LogP contribution in [0, 0.1) is 5.92 Å². The molecule has 1 rings (SSSR count). The molecular formula is C15H28N2O3. The van der Waals surface area contributed by atoms with Crippen LogP contribution in [0.3, 0.4) is 0 Å². The van der Waals surface area contributed by atoms with Gasteiger partial charge in [0.25, 0.3) is 0 Å². The van der Waals surface area contributed by atoms with Crippen molar-refractivity contribution in [3.05, 3.63) is 0 Å². The van der Waals surface area contributed by atoms with Crippen molar-refractivity contribution in [3.63, 3.8) is 0 Å². The molecular weight excluding hydrogens is 256 g/mol. The lowest BCUT2D eigenvalue weighted by Crippen LogP contribution is -2.60. The van der Waals surface area contributed by atoms with E-state index in [0.29, 0.717) is 13.1 Å². The second-order valence-electron chi connectivity index (χ2n) is 6.98. The first kappa shape index (κ1) is 16.8. The van der Waals surface area contributed by atoms with Gasteiger partial charge in [-0.25, -0.2) is 4.79 Å². The summed E-state index contributed by atoms with van der Waals surface area (Å²) in [4.78, 5) is 27.9. The van der Waals surface area contributed by atoms with Gasteiger partial charge in [-0.2, -0.15) is 0 Å². The molecule has 0 N–H and O–H groups in total. The molecule has 0 bridgehead atoms. The van der Waals surface area contributed by atoms with Crippen LogP contribution in [0.25, 0.3) is 0 Å². The van der Waals surface area contributed by atoms with Gasteiger partial charge in [-0.3, -0.25) is 4.79 Å². The molecule has 0 aromatic rings. The average Bonchev–Trinajstić information content (AvgIpc) is 2.28. The predicted octanol–water partition coefficient (Wildman–Crippen LogP) is 2.50. The Hall–Kier alpha value is -1.26. The smallest absolute Gasteiger partial charge is 0.410 e. The quantitative estimate of drug-likeness (QED) is 0.743. The van der Waals surface area contributed by atoms with Crippen LogP contribution >= 0.6 is 0 Å². The molecule has 1 aliphatic heterocycles. The zero-order chi connectivity index (χ0) is 15.7. The lowest BCUT2D eigenvalue weighted by atomic mass is 10.1. The monoisotopic (exact) mass is 284 g/mol. The second kappa shape index (κ2) is 6.02. The first-order valence-corrected chi connectivity index (χ1v) is 7.33. The van der Waals surface area contributed by atoms with Gasteiger partial charge in [0.2, 0.25) is 5.91 Å². The van der Waals surface area contributed by atoms with Gasteiger partial charge in [0.05, 0.1) is 0 Å². The molecule has 2 amide bonds. The van der Waals surface area contributed by atoms with E-state index in [9.17, 15) is 9.59 Å². The third kappa shape index (κ3) is 4.12. The van der Waals surface area contributed by atoms with Crippen molar-refractivity contribution in [2.24, 2.45) is 5.92 Å². The van der Waals surface area contributed by atoms with E-state index in [0.717, 1.165) is 0 Å². The minimum atomic E-state index is -0.495. The summed E-state index contributed by atoms with van der Waals surface area (Å²) < 4.78 is 5.42. The van der Waals surface area contributed by atoms with Crippen molar-refractivity contribution in [3.8, 4) is 0 Å². The first-order valence-electron chi connectivity index (χ1n) is 7.33. The molecule has 1 fully saturated rings. The molecule has 1 saturated heterocycles. The number of piperazine rings is 1. The summed E-state index contributed by atoms with van der Waals surface area (Å²) in [6.45, 7) is 14.4. The van der Waals surface area contributed by atoms with E-state index in [4.69, 9.17) is 4.74 Å². The third-order valence-electron chi connectivity index (χ3n) is 3.39. The highest BCUT2D eigenvalue weighted by Gasteiger charge is 2.36. The fourth-order valence-corrected chi connectivity index (χ4v) is 2.34. The Balaban J connectivity index is 2.74. The maximum absolute atomic E-state index is 12.2. The number of amides is 2. The summed E-state index contributed by atoms with van der Waals surface area (Å²) in [6.07, 6.45) is -0.298. The molecule has 2 atom stereocenters. The standard InChI is InChI=1S/C15H28N2O3/c1-10(2)13(18)16-8-12(4)17(9-11(16)3)14(19)20-15(5,6)7/h10-12H,8-9H2,1-7H3/t11-,12+/m1/s1. The summed E-state index contributed by atoms with van der Waals surface area (Å²) in [5.74, 6) is 0.130. The van der Waals surface area contributed by atoms with Crippen LogP contribution in [-0.4, -0.2) is 52.6 Å². The van der Waals surface area contributed by atoms with E-state index in [2.05, 4.69) is 0 Å². The topological polar surface area (TPSA) is 49.9 Å². The fourth-order valence-electron chi connectivity index (χ4n) is 2.34. The van der Waals surface area contributed by atoms with E-state index in [1.54, 1.807) is 4.90 Å². The molecule has 1 heterocycles. The van der Waals surface area contributed by atoms with Crippen LogP contribution < -0.4 is 0 Å². The Kier molecular flexibility index (Phi) is 5.05. The number of carbonyl (C=O) groups is 2. The van der Waals surface area contributed by atoms with Gasteiger partial charge < -0.3 is 14.5 Å². The summed E-state index contributed by atoms with van der Waals surface area (Å²) in [6, 6.07) is -0.00244. The van der Waals surface area contributed by atoms with E-state index in [1.807, 2.05) is 53.4 Å². The minimum absolute atomic E-state index is 0.0160. The summed E-state index contributed by atoms with van der Waals surface area (Å²) in [5, 5.41) is 0. The van der Waals surface area contributed by atoms with Crippen LogP contribution in [0.2, 0.25) is 0 Å². The molecule has 5 heteroatoms. The third-order valence-corrected chi connectivity index (χ3v) is 3.39. The summed E-state index contributed by atoms with van der Waals surface area (Å²) >= 11 is 0. The molecule has 116 valence electrons. The van der Waals surface area contributed by atoms with Crippen LogP contribution in [0.5, 0.6) is 0 Å². The van der Waals surface area contributed by atoms with E-state index in [-0.39, 0.29) is 30.0 Å². The molecule has 0 aromatic heterocycles. The Morgan fingerprint density at radius 3 is 1.95 bits per heavy atom. The lowest BCUT2D eigenvalue weighted by molar-refractivity contribution is -0.140. The molecule has 0 spiro atoms. The van der Waals surface area contributed by atoms with Crippen molar-refractivity contribution >= 4 is 12.0 Å². The van der Waals surface area contributed by atoms with Crippen LogP contribution in [0.4, 0.5) is 4.79 Å². The van der Waals surface area contributed by atoms with Gasteiger partial charge >= 0.3 is 6.09 Å². The van der Waals surface area contributed by atoms with Gasteiger partial charge in [-0.1, -0.05) is 13.8 Å². The second-order valence-corrected chi connectivity index (χ2v) is 6.98. The molecule has 0 saturated carbocycles. The van der Waals surface area contributed by atoms with E-state index >= 15 is 0 Å². The van der Waals surface area contributed by atoms with Gasteiger partial charge in [0.1, 0.15) is 5.60 Å². The molecule has 1 aliphatic rings. The number of nitrogens with zero attached hydrogens (tertiary/aromatic N) is 2. The largest absolute Gasteiger partial charge is 0.444 e. The van der Waals surface area contributed by atoms with Gasteiger partial charge in [-0.05, 0) is 34.6 Å². The van der Waals surface area contributed by atoms with Gasteiger partial charge in [0.15, 0.2) is 0 Å². The van der Waals surface area contributed by atoms with Crippen molar-refractivity contribution < 1.29 is 14.3 Å². The SMILES string of the molecule is CC(C)C(=O)N1C[C@H](C)N(C(=O)OC(C)(C)C)C[C@H]1C. The predicted molar refractivity (Wildman–Crippen MR) is 78.4 cm³/mol. The highest BCUT2D eigenvalue weighted by molar-refractivity contribution is 5.79. The number of ether oxygens (including phenoxy) is 1. The van der Waals surface area contributed by atoms with Crippen LogP contribution in [0.1, 0.15) is 48.5 Å². The molecule has 0 unspecified atom stereocenters. The van der Waals surface area contributed by atoms with Crippen molar-refractivity contribution in [1.82, 2.24) is 9.80 Å². The Bertz CT molecular complexity index is 374. The highest BCUT2D eigenvalue weighted by Crippen LogP contribution is 2.20. The summed E-state index contributed by atoms with van der Waals surface area (Å²) in [5.41, 5.74) is -0.495. The van der Waals surface area contributed by atoms with Crippen LogP contribution in [-0.2, 0) is 9.53 Å². The van der Waals surface area contributed by atoms with Gasteiger partial charge in [0, 0.05) is 31.1 Å². The molecule has 20 heavy (non-hydrogen) atoms. The Morgan fingerprint density at radius 2 is 1.50 bits per heavy atom. The van der Waals surface area contributed by atoms with E-state index in [1.165, 1.54) is 0 Å².